The molecule has 156 valence electrons. The molecule has 2 aromatic rings. The lowest BCUT2D eigenvalue weighted by atomic mass is 9.92. The Morgan fingerprint density at radius 3 is 2.63 bits per heavy atom. The molecule has 2 N–H and O–H groups in total. The quantitative estimate of drug-likeness (QED) is 0.712. The van der Waals surface area contributed by atoms with Gasteiger partial charge in [0.15, 0.2) is 5.78 Å². The summed E-state index contributed by atoms with van der Waals surface area (Å²) in [4.78, 5) is 36.5. The summed E-state index contributed by atoms with van der Waals surface area (Å²) in [6.45, 7) is -0.223. The molecule has 8 heteroatoms. The van der Waals surface area contributed by atoms with E-state index in [-0.39, 0.29) is 5.78 Å². The van der Waals surface area contributed by atoms with Crippen LogP contribution in [-0.4, -0.2) is 53.0 Å². The number of carbonyl (C=O) groups is 3. The Morgan fingerprint density at radius 1 is 1.07 bits per heavy atom. The van der Waals surface area contributed by atoms with E-state index in [4.69, 9.17) is 21.1 Å². The first-order chi connectivity index (χ1) is 14.4. The van der Waals surface area contributed by atoms with Crippen LogP contribution >= 0.6 is 11.6 Å². The van der Waals surface area contributed by atoms with Crippen LogP contribution in [0.3, 0.4) is 0 Å². The molecule has 0 aromatic heterocycles. The third-order valence-electron chi connectivity index (χ3n) is 5.29. The van der Waals surface area contributed by atoms with Crippen molar-refractivity contribution >= 4 is 29.0 Å². The summed E-state index contributed by atoms with van der Waals surface area (Å²) >= 11 is 6.34. The van der Waals surface area contributed by atoms with Crippen LogP contribution < -0.4 is 4.74 Å². The summed E-state index contributed by atoms with van der Waals surface area (Å²) in [6, 6.07) is 10.2. The van der Waals surface area contributed by atoms with E-state index in [0.717, 1.165) is 5.56 Å². The van der Waals surface area contributed by atoms with E-state index in [0.29, 0.717) is 46.9 Å². The van der Waals surface area contributed by atoms with Crippen molar-refractivity contribution in [1.29, 1.82) is 0 Å². The van der Waals surface area contributed by atoms with Gasteiger partial charge in [0.2, 0.25) is 11.6 Å². The predicted molar refractivity (Wildman–Crippen MR) is 106 cm³/mol. The Bertz CT molecular complexity index is 1030. The van der Waals surface area contributed by atoms with E-state index in [9.17, 15) is 24.6 Å². The van der Waals surface area contributed by atoms with E-state index in [2.05, 4.69) is 0 Å². The van der Waals surface area contributed by atoms with Gasteiger partial charge in [0.05, 0.1) is 18.8 Å². The molecule has 30 heavy (non-hydrogen) atoms. The van der Waals surface area contributed by atoms with Gasteiger partial charge in [-0.25, -0.2) is 0 Å². The Labute approximate surface area is 177 Å². The van der Waals surface area contributed by atoms with E-state index in [1.54, 1.807) is 30.3 Å². The normalized spacial score (nSPS) is 23.8. The van der Waals surface area contributed by atoms with Gasteiger partial charge in [0.25, 0.3) is 0 Å². The number of hydrogen-bond donors (Lipinski definition) is 2. The van der Waals surface area contributed by atoms with Crippen molar-refractivity contribution in [2.45, 2.75) is 31.2 Å². The van der Waals surface area contributed by atoms with Crippen molar-refractivity contribution < 1.29 is 34.1 Å². The van der Waals surface area contributed by atoms with E-state index in [1.807, 2.05) is 6.07 Å². The highest BCUT2D eigenvalue weighted by Gasteiger charge is 2.43. The molecule has 2 aromatic carbocycles. The van der Waals surface area contributed by atoms with Gasteiger partial charge in [-0.05, 0) is 41.3 Å². The number of carbonyl (C=O) groups excluding carboxylic acids is 3. The van der Waals surface area contributed by atoms with Crippen molar-refractivity contribution in [2.75, 3.05) is 13.2 Å². The highest BCUT2D eigenvalue weighted by molar-refractivity contribution is 6.41. The summed E-state index contributed by atoms with van der Waals surface area (Å²) < 4.78 is 11.0. The first kappa shape index (κ1) is 20.7. The highest BCUT2D eigenvalue weighted by Crippen LogP contribution is 2.32. The molecule has 0 bridgehead atoms. The molecule has 7 nitrogen and oxygen atoms in total. The lowest BCUT2D eigenvalue weighted by Gasteiger charge is -2.31. The number of rotatable bonds is 4. The molecule has 0 saturated carbocycles. The second kappa shape index (κ2) is 8.28. The van der Waals surface area contributed by atoms with E-state index < -0.39 is 36.5 Å². The summed E-state index contributed by atoms with van der Waals surface area (Å²) in [5.41, 5.74) is 2.44. The summed E-state index contributed by atoms with van der Waals surface area (Å²) in [6.07, 6.45) is -3.37. The van der Waals surface area contributed by atoms with Crippen LogP contribution in [0, 0.1) is 0 Å². The molecule has 4 rings (SSSR count). The van der Waals surface area contributed by atoms with E-state index >= 15 is 0 Å². The van der Waals surface area contributed by atoms with Gasteiger partial charge >= 0.3 is 0 Å². The lowest BCUT2D eigenvalue weighted by molar-refractivity contribution is -0.174. The van der Waals surface area contributed by atoms with Gasteiger partial charge in [0, 0.05) is 11.4 Å². The number of halogens is 1. The number of aliphatic hydroxyl groups is 2. The number of benzene rings is 2. The monoisotopic (exact) mass is 430 g/mol. The number of Topliss-reactive ketones (excluding diaryl/α,β-unsaturated/α-hetero) is 3. The second-order valence-electron chi connectivity index (χ2n) is 7.29. The maximum atomic E-state index is 12.3. The van der Waals surface area contributed by atoms with Crippen LogP contribution in [0.1, 0.15) is 39.6 Å². The smallest absolute Gasteiger partial charge is 0.234 e. The Kier molecular flexibility index (Phi) is 5.71. The molecule has 1 fully saturated rings. The van der Waals surface area contributed by atoms with Crippen molar-refractivity contribution in [3.63, 3.8) is 0 Å². The second-order valence-corrected chi connectivity index (χ2v) is 7.70. The molecule has 1 saturated heterocycles. The Hall–Kier alpha value is -2.58. The minimum Gasteiger partial charge on any atom is -0.492 e. The van der Waals surface area contributed by atoms with Crippen LogP contribution in [0.5, 0.6) is 5.75 Å². The lowest BCUT2D eigenvalue weighted by Crippen LogP contribution is -2.50. The number of ketones is 3. The van der Waals surface area contributed by atoms with Gasteiger partial charge in [-0.3, -0.25) is 14.4 Å². The van der Waals surface area contributed by atoms with Crippen molar-refractivity contribution in [3.8, 4) is 5.75 Å². The number of fused-ring (bicyclic) bond motifs is 1. The van der Waals surface area contributed by atoms with Gasteiger partial charge < -0.3 is 19.7 Å². The van der Waals surface area contributed by atoms with Crippen molar-refractivity contribution in [3.05, 3.63) is 63.7 Å². The summed E-state index contributed by atoms with van der Waals surface area (Å²) in [5, 5.41) is 19.6. The fraction of sp³-hybridized carbons (Fsp3) is 0.318. The third-order valence-corrected chi connectivity index (χ3v) is 5.66. The van der Waals surface area contributed by atoms with Gasteiger partial charge in [-0.1, -0.05) is 29.8 Å². The zero-order chi connectivity index (χ0) is 21.4. The van der Waals surface area contributed by atoms with Crippen LogP contribution in [0.4, 0.5) is 0 Å². The average molecular weight is 431 g/mol. The number of hydrogen-bond acceptors (Lipinski definition) is 7. The molecule has 2 aliphatic heterocycles. The topological polar surface area (TPSA) is 110 Å². The van der Waals surface area contributed by atoms with Crippen molar-refractivity contribution in [2.24, 2.45) is 0 Å². The molecule has 3 atom stereocenters. The summed E-state index contributed by atoms with van der Waals surface area (Å²) in [7, 11) is 0. The van der Waals surface area contributed by atoms with Crippen LogP contribution in [0.2, 0.25) is 5.02 Å². The molecule has 2 heterocycles. The van der Waals surface area contributed by atoms with Gasteiger partial charge in [0.1, 0.15) is 24.1 Å². The standard InChI is InChI=1S/C22H19ClO7/c23-15-3-2-12(22-21(28)20(27)19(26)18(10-24)30-22)9-13(15)7-11-1-4-17-14(8-11)16(25)5-6-29-17/h1-4,8-9,18-19,22,24,26H,5-7,10H2. The zero-order valence-corrected chi connectivity index (χ0v) is 16.6. The first-order valence-corrected chi connectivity index (χ1v) is 9.86. The molecular weight excluding hydrogens is 412 g/mol. The minimum absolute atomic E-state index is 0.0197. The number of ether oxygens (including phenoxy) is 2. The Morgan fingerprint density at radius 2 is 1.87 bits per heavy atom. The molecule has 0 spiro atoms. The van der Waals surface area contributed by atoms with Crippen LogP contribution in [0.15, 0.2) is 36.4 Å². The number of aliphatic hydroxyl groups excluding tert-OH is 2. The molecular formula is C22H19ClO7. The fourth-order valence-electron chi connectivity index (χ4n) is 3.66. The molecule has 0 aliphatic carbocycles. The molecule has 2 aliphatic rings. The SMILES string of the molecule is O=C1CCOc2ccc(Cc3cc(C4OC(CO)C(O)C(=O)C4=O)ccc3Cl)cc21. The first-order valence-electron chi connectivity index (χ1n) is 9.48. The maximum absolute atomic E-state index is 12.3. The van der Waals surface area contributed by atoms with Crippen molar-refractivity contribution in [1.82, 2.24) is 0 Å². The highest BCUT2D eigenvalue weighted by atomic mass is 35.5. The molecule has 0 amide bonds. The largest absolute Gasteiger partial charge is 0.492 e. The van der Waals surface area contributed by atoms with Gasteiger partial charge in [-0.2, -0.15) is 0 Å². The van der Waals surface area contributed by atoms with Crippen LogP contribution in [-0.2, 0) is 20.7 Å². The van der Waals surface area contributed by atoms with Gasteiger partial charge in [-0.15, -0.1) is 0 Å². The fourth-order valence-corrected chi connectivity index (χ4v) is 3.84. The summed E-state index contributed by atoms with van der Waals surface area (Å²) in [5.74, 6) is -1.29. The van der Waals surface area contributed by atoms with Crippen LogP contribution in [0.25, 0.3) is 0 Å². The Balaban J connectivity index is 1.63. The molecule has 0 radical (unpaired) electrons. The van der Waals surface area contributed by atoms with E-state index in [1.165, 1.54) is 0 Å². The zero-order valence-electron chi connectivity index (χ0n) is 15.8. The molecule has 3 unspecified atom stereocenters. The third kappa shape index (κ3) is 3.77. The maximum Gasteiger partial charge on any atom is 0.234 e. The minimum atomic E-state index is -1.68. The average Bonchev–Trinajstić information content (AvgIpc) is 2.75. The predicted octanol–water partition coefficient (Wildman–Crippen LogP) is 1.83.